The standard InChI is InChI=1S/C14H7F3N4/c15-8-4-9(16)12(17)11(5-8)21-10-3-1-2-7(6-18)13(10)20-14(21)19/h1-5H,(H2,19,20). The summed E-state index contributed by atoms with van der Waals surface area (Å²) in [6.07, 6.45) is 0. The third-order valence-corrected chi connectivity index (χ3v) is 3.05. The van der Waals surface area contributed by atoms with Gasteiger partial charge in [-0.2, -0.15) is 5.26 Å². The van der Waals surface area contributed by atoms with Crippen molar-refractivity contribution in [1.29, 1.82) is 5.26 Å². The molecule has 7 heteroatoms. The fraction of sp³-hybridized carbons (Fsp3) is 0. The summed E-state index contributed by atoms with van der Waals surface area (Å²) in [6.45, 7) is 0. The molecule has 0 atom stereocenters. The lowest BCUT2D eigenvalue weighted by atomic mass is 10.2. The summed E-state index contributed by atoms with van der Waals surface area (Å²) in [5, 5.41) is 9.02. The van der Waals surface area contributed by atoms with Crippen LogP contribution in [0.25, 0.3) is 16.7 Å². The van der Waals surface area contributed by atoms with Crippen molar-refractivity contribution in [2.45, 2.75) is 0 Å². The van der Waals surface area contributed by atoms with Crippen LogP contribution in [0.2, 0.25) is 0 Å². The van der Waals surface area contributed by atoms with Gasteiger partial charge in [0.05, 0.1) is 16.8 Å². The van der Waals surface area contributed by atoms with Crippen LogP contribution in [0.3, 0.4) is 0 Å². The molecule has 21 heavy (non-hydrogen) atoms. The molecule has 0 aliphatic rings. The number of halogens is 3. The Morgan fingerprint density at radius 1 is 1.19 bits per heavy atom. The molecule has 2 N–H and O–H groups in total. The number of nitriles is 1. The number of aromatic nitrogens is 2. The fourth-order valence-electron chi connectivity index (χ4n) is 2.17. The van der Waals surface area contributed by atoms with Gasteiger partial charge in [-0.25, -0.2) is 18.2 Å². The molecule has 4 nitrogen and oxygen atoms in total. The number of imidazole rings is 1. The maximum absolute atomic E-state index is 13.9. The van der Waals surface area contributed by atoms with Crippen molar-refractivity contribution in [2.75, 3.05) is 5.73 Å². The lowest BCUT2D eigenvalue weighted by Gasteiger charge is -2.08. The molecule has 0 radical (unpaired) electrons. The molecule has 0 unspecified atom stereocenters. The highest BCUT2D eigenvalue weighted by Gasteiger charge is 2.19. The Balaban J connectivity index is 2.42. The second kappa shape index (κ2) is 4.52. The summed E-state index contributed by atoms with van der Waals surface area (Å²) in [5.41, 5.74) is 6.07. The van der Waals surface area contributed by atoms with Crippen molar-refractivity contribution in [1.82, 2.24) is 9.55 Å². The van der Waals surface area contributed by atoms with Crippen LogP contribution in [-0.4, -0.2) is 9.55 Å². The third kappa shape index (κ3) is 1.89. The van der Waals surface area contributed by atoms with Gasteiger partial charge in [0, 0.05) is 12.1 Å². The number of para-hydroxylation sites is 1. The van der Waals surface area contributed by atoms with E-state index in [1.165, 1.54) is 12.1 Å². The van der Waals surface area contributed by atoms with E-state index in [0.29, 0.717) is 6.07 Å². The topological polar surface area (TPSA) is 67.6 Å². The maximum atomic E-state index is 13.9. The van der Waals surface area contributed by atoms with Gasteiger partial charge < -0.3 is 5.73 Å². The van der Waals surface area contributed by atoms with Crippen LogP contribution in [0.5, 0.6) is 0 Å². The van der Waals surface area contributed by atoms with Crippen molar-refractivity contribution in [2.24, 2.45) is 0 Å². The highest BCUT2D eigenvalue weighted by molar-refractivity contribution is 5.85. The summed E-state index contributed by atoms with van der Waals surface area (Å²) in [7, 11) is 0. The van der Waals surface area contributed by atoms with Gasteiger partial charge in [-0.1, -0.05) is 6.07 Å². The van der Waals surface area contributed by atoms with E-state index in [-0.39, 0.29) is 22.5 Å². The van der Waals surface area contributed by atoms with E-state index in [4.69, 9.17) is 11.0 Å². The summed E-state index contributed by atoms with van der Waals surface area (Å²) in [5.74, 6) is -3.69. The molecule has 2 aromatic carbocycles. The Labute approximate surface area is 116 Å². The van der Waals surface area contributed by atoms with E-state index >= 15 is 0 Å². The molecule has 3 rings (SSSR count). The Kier molecular flexibility index (Phi) is 2.80. The molecule has 1 aromatic heterocycles. The maximum Gasteiger partial charge on any atom is 0.206 e. The van der Waals surface area contributed by atoms with Gasteiger partial charge in [-0.05, 0) is 12.1 Å². The predicted molar refractivity (Wildman–Crippen MR) is 70.1 cm³/mol. The molecule has 0 amide bonds. The fourth-order valence-corrected chi connectivity index (χ4v) is 2.17. The first-order chi connectivity index (χ1) is 10.0. The van der Waals surface area contributed by atoms with Gasteiger partial charge in [0.1, 0.15) is 17.4 Å². The quantitative estimate of drug-likeness (QED) is 0.700. The van der Waals surface area contributed by atoms with E-state index in [1.54, 1.807) is 6.07 Å². The van der Waals surface area contributed by atoms with Gasteiger partial charge in [-0.3, -0.25) is 4.57 Å². The number of anilines is 1. The normalized spacial score (nSPS) is 10.8. The predicted octanol–water partition coefficient (Wildman–Crippen LogP) is 2.90. The van der Waals surface area contributed by atoms with Crippen LogP contribution in [-0.2, 0) is 0 Å². The number of nitrogens with zero attached hydrogens (tertiary/aromatic N) is 3. The second-order valence-corrected chi connectivity index (χ2v) is 4.31. The average molecular weight is 288 g/mol. The number of rotatable bonds is 1. The summed E-state index contributed by atoms with van der Waals surface area (Å²) in [4.78, 5) is 3.97. The molecular weight excluding hydrogens is 281 g/mol. The molecule has 0 fully saturated rings. The van der Waals surface area contributed by atoms with Gasteiger partial charge >= 0.3 is 0 Å². The van der Waals surface area contributed by atoms with Gasteiger partial charge in [0.15, 0.2) is 11.6 Å². The number of nitrogen functional groups attached to an aromatic ring is 1. The van der Waals surface area contributed by atoms with Crippen LogP contribution in [0, 0.1) is 28.8 Å². The largest absolute Gasteiger partial charge is 0.369 e. The minimum Gasteiger partial charge on any atom is -0.369 e. The summed E-state index contributed by atoms with van der Waals surface area (Å²) in [6, 6.07) is 7.77. The minimum atomic E-state index is -1.33. The van der Waals surface area contributed by atoms with E-state index in [1.807, 2.05) is 6.07 Å². The van der Waals surface area contributed by atoms with Crippen molar-refractivity contribution in [3.8, 4) is 11.8 Å². The third-order valence-electron chi connectivity index (χ3n) is 3.05. The van der Waals surface area contributed by atoms with Crippen molar-refractivity contribution in [3.63, 3.8) is 0 Å². The van der Waals surface area contributed by atoms with E-state index < -0.39 is 23.1 Å². The summed E-state index contributed by atoms with van der Waals surface area (Å²) >= 11 is 0. The monoisotopic (exact) mass is 288 g/mol. The summed E-state index contributed by atoms with van der Waals surface area (Å²) < 4.78 is 41.7. The number of hydrogen-bond donors (Lipinski definition) is 1. The Morgan fingerprint density at radius 3 is 2.67 bits per heavy atom. The van der Waals surface area contributed by atoms with E-state index in [9.17, 15) is 13.2 Å². The highest BCUT2D eigenvalue weighted by atomic mass is 19.2. The first-order valence-electron chi connectivity index (χ1n) is 5.85. The Bertz CT molecular complexity index is 909. The van der Waals surface area contributed by atoms with Gasteiger partial charge in [0.25, 0.3) is 0 Å². The van der Waals surface area contributed by atoms with Crippen LogP contribution in [0.1, 0.15) is 5.56 Å². The lowest BCUT2D eigenvalue weighted by molar-refractivity contribution is 0.491. The number of nitrogens with two attached hydrogens (primary N) is 1. The van der Waals surface area contributed by atoms with Gasteiger partial charge in [-0.15, -0.1) is 0 Å². The minimum absolute atomic E-state index is 0.170. The van der Waals surface area contributed by atoms with Crippen LogP contribution < -0.4 is 5.73 Å². The second-order valence-electron chi connectivity index (χ2n) is 4.31. The van der Waals surface area contributed by atoms with E-state index in [2.05, 4.69) is 4.98 Å². The molecule has 3 aromatic rings. The zero-order valence-corrected chi connectivity index (χ0v) is 10.4. The molecule has 0 spiro atoms. The van der Waals surface area contributed by atoms with Crippen LogP contribution >= 0.6 is 0 Å². The Hall–Kier alpha value is -3.01. The number of benzene rings is 2. The SMILES string of the molecule is N#Cc1cccc2c1nc(N)n2-c1cc(F)cc(F)c1F. The van der Waals surface area contributed by atoms with Crippen molar-refractivity contribution < 1.29 is 13.2 Å². The van der Waals surface area contributed by atoms with Gasteiger partial charge in [0.2, 0.25) is 5.95 Å². The average Bonchev–Trinajstić information content (AvgIpc) is 2.78. The molecule has 0 aliphatic heterocycles. The molecule has 0 aliphatic carbocycles. The first-order valence-corrected chi connectivity index (χ1v) is 5.85. The van der Waals surface area contributed by atoms with Crippen molar-refractivity contribution >= 4 is 17.0 Å². The Morgan fingerprint density at radius 2 is 1.95 bits per heavy atom. The lowest BCUT2D eigenvalue weighted by Crippen LogP contribution is -2.05. The molecule has 0 saturated carbocycles. The highest BCUT2D eigenvalue weighted by Crippen LogP contribution is 2.28. The van der Waals surface area contributed by atoms with Crippen LogP contribution in [0.4, 0.5) is 19.1 Å². The van der Waals surface area contributed by atoms with E-state index in [0.717, 1.165) is 10.6 Å². The number of fused-ring (bicyclic) bond motifs is 1. The zero-order valence-electron chi connectivity index (χ0n) is 10.4. The first kappa shape index (κ1) is 13.0. The molecule has 0 saturated heterocycles. The van der Waals surface area contributed by atoms with Crippen LogP contribution in [0.15, 0.2) is 30.3 Å². The molecular formula is C14H7F3N4. The molecule has 0 bridgehead atoms. The zero-order chi connectivity index (χ0) is 15.1. The van der Waals surface area contributed by atoms with Crippen molar-refractivity contribution in [3.05, 3.63) is 53.3 Å². The smallest absolute Gasteiger partial charge is 0.206 e. The molecule has 104 valence electrons. The number of hydrogen-bond acceptors (Lipinski definition) is 3. The molecule has 1 heterocycles.